The van der Waals surface area contributed by atoms with E-state index in [2.05, 4.69) is 16.0 Å². The number of hydrogen-bond acceptors (Lipinski definition) is 4. The van der Waals surface area contributed by atoms with Gasteiger partial charge in [0.25, 0.3) is 0 Å². The second-order valence-electron chi connectivity index (χ2n) is 6.37. The minimum atomic E-state index is -0.309. The highest BCUT2D eigenvalue weighted by atomic mass is 35.5. The van der Waals surface area contributed by atoms with Gasteiger partial charge in [0.15, 0.2) is 0 Å². The largest absolute Gasteiger partial charge is 0.369 e. The number of nitrogens with two attached hydrogens (primary N) is 1. The van der Waals surface area contributed by atoms with E-state index in [1.165, 1.54) is 0 Å². The quantitative estimate of drug-likeness (QED) is 0.575. The zero-order chi connectivity index (χ0) is 13.3. The Morgan fingerprint density at radius 1 is 0.850 bits per heavy atom. The summed E-state index contributed by atoms with van der Waals surface area (Å²) in [4.78, 5) is 12.5. The van der Waals surface area contributed by atoms with Crippen LogP contribution in [0.5, 0.6) is 0 Å². The van der Waals surface area contributed by atoms with Crippen molar-refractivity contribution in [3.63, 3.8) is 0 Å². The van der Waals surface area contributed by atoms with Crippen LogP contribution in [0.1, 0.15) is 19.3 Å². The smallest absolute Gasteiger partial charge is 0.224 e. The summed E-state index contributed by atoms with van der Waals surface area (Å²) in [5, 5.41) is 10.3. The monoisotopic (exact) mass is 302 g/mol. The van der Waals surface area contributed by atoms with E-state index in [1.54, 1.807) is 0 Å². The number of hydrogen-bond donors (Lipinski definition) is 4. The van der Waals surface area contributed by atoms with Crippen LogP contribution in [0.2, 0.25) is 0 Å². The van der Waals surface area contributed by atoms with Crippen molar-refractivity contribution in [3.8, 4) is 0 Å². The summed E-state index contributed by atoms with van der Waals surface area (Å²) in [6.07, 6.45) is 3.28. The molecule has 6 heteroatoms. The number of rotatable bonds is 4. The fraction of sp³-hybridized carbons (Fsp3) is 0.929. The summed E-state index contributed by atoms with van der Waals surface area (Å²) < 4.78 is 0. The molecular weight excluding hydrogens is 276 g/mol. The fourth-order valence-corrected chi connectivity index (χ4v) is 4.79. The van der Waals surface area contributed by atoms with Crippen LogP contribution in [0.3, 0.4) is 0 Å². The Balaban J connectivity index is 0.00000147. The average molecular weight is 303 g/mol. The first-order chi connectivity index (χ1) is 9.26. The van der Waals surface area contributed by atoms with Gasteiger partial charge in [0.1, 0.15) is 0 Å². The molecule has 3 unspecified atom stereocenters. The minimum absolute atomic E-state index is 0. The summed E-state index contributed by atoms with van der Waals surface area (Å²) in [5.74, 6) is 1.20. The van der Waals surface area contributed by atoms with Crippen molar-refractivity contribution >= 4 is 18.3 Å². The molecule has 0 spiro atoms. The predicted molar refractivity (Wildman–Crippen MR) is 81.8 cm³/mol. The molecule has 3 fully saturated rings. The van der Waals surface area contributed by atoms with E-state index in [1.807, 2.05) is 0 Å². The number of nitrogens with one attached hydrogen (secondary N) is 3. The lowest BCUT2D eigenvalue weighted by molar-refractivity contribution is -0.139. The molecule has 3 saturated heterocycles. The van der Waals surface area contributed by atoms with Crippen LogP contribution in [0.4, 0.5) is 0 Å². The molecular formula is C14H27ClN4O. The minimum Gasteiger partial charge on any atom is -0.369 e. The topological polar surface area (TPSA) is 79.2 Å². The van der Waals surface area contributed by atoms with Gasteiger partial charge in [0, 0.05) is 0 Å². The van der Waals surface area contributed by atoms with Crippen molar-refractivity contribution in [1.29, 1.82) is 0 Å². The second-order valence-corrected chi connectivity index (χ2v) is 6.37. The van der Waals surface area contributed by atoms with Crippen molar-refractivity contribution in [1.82, 2.24) is 16.0 Å². The number of halogens is 1. The third kappa shape index (κ3) is 2.45. The molecule has 0 aromatic carbocycles. The Morgan fingerprint density at radius 3 is 1.40 bits per heavy atom. The van der Waals surface area contributed by atoms with Crippen molar-refractivity contribution < 1.29 is 4.79 Å². The summed E-state index contributed by atoms with van der Waals surface area (Å²) in [5.41, 5.74) is 5.68. The standard InChI is InChI=1S/C14H26N4O.ClH/c15-13(19)14(10-1-4-16-7-10,11-2-5-17-8-11)12-3-6-18-9-12;/h10-12,16-18H,1-9H2,(H2,15,19);1H. The highest BCUT2D eigenvalue weighted by molar-refractivity contribution is 5.85. The van der Waals surface area contributed by atoms with E-state index < -0.39 is 0 Å². The number of carbonyl (C=O) groups excluding carboxylic acids is 1. The van der Waals surface area contributed by atoms with Gasteiger partial charge >= 0.3 is 0 Å². The molecule has 3 aliphatic heterocycles. The van der Waals surface area contributed by atoms with Crippen molar-refractivity contribution in [2.75, 3.05) is 39.3 Å². The van der Waals surface area contributed by atoms with Crippen molar-refractivity contribution in [2.45, 2.75) is 19.3 Å². The summed E-state index contributed by atoms with van der Waals surface area (Å²) in [6.45, 7) is 5.95. The van der Waals surface area contributed by atoms with Crippen molar-refractivity contribution in [3.05, 3.63) is 0 Å². The molecule has 0 aromatic rings. The molecule has 0 bridgehead atoms. The molecule has 116 valence electrons. The van der Waals surface area contributed by atoms with Crippen LogP contribution in [0, 0.1) is 23.2 Å². The van der Waals surface area contributed by atoms with E-state index in [-0.39, 0.29) is 23.7 Å². The van der Waals surface area contributed by atoms with Gasteiger partial charge in [-0.2, -0.15) is 0 Å². The van der Waals surface area contributed by atoms with E-state index in [0.29, 0.717) is 17.8 Å². The lowest BCUT2D eigenvalue weighted by atomic mass is 9.57. The van der Waals surface area contributed by atoms with Gasteiger partial charge < -0.3 is 21.7 Å². The Hall–Kier alpha value is -0.360. The zero-order valence-corrected chi connectivity index (χ0v) is 12.8. The van der Waals surface area contributed by atoms with Gasteiger partial charge in [-0.25, -0.2) is 0 Å². The zero-order valence-electron chi connectivity index (χ0n) is 12.0. The summed E-state index contributed by atoms with van der Waals surface area (Å²) in [7, 11) is 0. The normalized spacial score (nSPS) is 36.5. The van der Waals surface area contributed by atoms with Gasteiger partial charge in [-0.3, -0.25) is 4.79 Å². The fourth-order valence-electron chi connectivity index (χ4n) is 4.79. The highest BCUT2D eigenvalue weighted by Crippen LogP contribution is 2.49. The summed E-state index contributed by atoms with van der Waals surface area (Å²) in [6, 6.07) is 0. The van der Waals surface area contributed by atoms with E-state index in [4.69, 9.17) is 5.73 Å². The van der Waals surface area contributed by atoms with Crippen LogP contribution in [0.25, 0.3) is 0 Å². The van der Waals surface area contributed by atoms with Crippen LogP contribution < -0.4 is 21.7 Å². The molecule has 3 aliphatic rings. The molecule has 0 aliphatic carbocycles. The van der Waals surface area contributed by atoms with Gasteiger partial charge in [-0.15, -0.1) is 12.4 Å². The maximum atomic E-state index is 12.5. The molecule has 0 radical (unpaired) electrons. The molecule has 0 saturated carbocycles. The van der Waals surface area contributed by atoms with Gasteiger partial charge in [0.2, 0.25) is 5.91 Å². The van der Waals surface area contributed by atoms with Crippen LogP contribution >= 0.6 is 12.4 Å². The third-order valence-electron chi connectivity index (χ3n) is 5.63. The van der Waals surface area contributed by atoms with Gasteiger partial charge in [-0.05, 0) is 76.3 Å². The van der Waals surface area contributed by atoms with Crippen LogP contribution in [-0.4, -0.2) is 45.2 Å². The van der Waals surface area contributed by atoms with Crippen LogP contribution in [0.15, 0.2) is 0 Å². The lowest BCUT2D eigenvalue weighted by Gasteiger charge is -2.45. The Bertz CT molecular complexity index is 293. The lowest BCUT2D eigenvalue weighted by Crippen LogP contribution is -2.55. The maximum Gasteiger partial charge on any atom is 0.224 e. The third-order valence-corrected chi connectivity index (χ3v) is 5.63. The average Bonchev–Trinajstić information content (AvgIpc) is 3.15. The first-order valence-electron chi connectivity index (χ1n) is 7.68. The molecule has 3 heterocycles. The number of amides is 1. The Morgan fingerprint density at radius 2 is 1.20 bits per heavy atom. The number of carbonyl (C=O) groups is 1. The highest BCUT2D eigenvalue weighted by Gasteiger charge is 2.56. The maximum absolute atomic E-state index is 12.5. The van der Waals surface area contributed by atoms with E-state index >= 15 is 0 Å². The first-order valence-corrected chi connectivity index (χ1v) is 7.68. The molecule has 20 heavy (non-hydrogen) atoms. The van der Waals surface area contributed by atoms with Gasteiger partial charge in [-0.1, -0.05) is 0 Å². The van der Waals surface area contributed by atoms with E-state index in [0.717, 1.165) is 58.5 Å². The van der Waals surface area contributed by atoms with Crippen molar-refractivity contribution in [2.24, 2.45) is 28.9 Å². The molecule has 3 rings (SSSR count). The first kappa shape index (κ1) is 16.0. The Kier molecular flexibility index (Phi) is 5.29. The molecule has 5 nitrogen and oxygen atoms in total. The van der Waals surface area contributed by atoms with Crippen LogP contribution in [-0.2, 0) is 4.79 Å². The second kappa shape index (κ2) is 6.60. The van der Waals surface area contributed by atoms with Gasteiger partial charge in [0.05, 0.1) is 5.41 Å². The number of primary amides is 1. The molecule has 0 aromatic heterocycles. The molecule has 3 atom stereocenters. The predicted octanol–water partition coefficient (Wildman–Crippen LogP) is -0.292. The SMILES string of the molecule is Cl.NC(=O)C(C1CCNC1)(C1CCNC1)C1CCNC1. The summed E-state index contributed by atoms with van der Waals surface area (Å²) >= 11 is 0. The Labute approximate surface area is 127 Å². The molecule has 1 amide bonds. The molecule has 5 N–H and O–H groups in total. The van der Waals surface area contributed by atoms with E-state index in [9.17, 15) is 4.79 Å².